The number of carbonyl (C=O) groups is 1. The van der Waals surface area contributed by atoms with Gasteiger partial charge >= 0.3 is 0 Å². The molecule has 1 aromatic heterocycles. The molecule has 0 fully saturated rings. The number of hydrogen-bond acceptors (Lipinski definition) is 8. The zero-order valence-corrected chi connectivity index (χ0v) is 20.1. The van der Waals surface area contributed by atoms with Crippen LogP contribution in [0.25, 0.3) is 0 Å². The lowest BCUT2D eigenvalue weighted by Crippen LogP contribution is -2.27. The van der Waals surface area contributed by atoms with E-state index in [9.17, 15) is 9.90 Å². The van der Waals surface area contributed by atoms with Crippen molar-refractivity contribution in [2.75, 3.05) is 12.9 Å². The molecule has 1 unspecified atom stereocenters. The maximum atomic E-state index is 12.4. The van der Waals surface area contributed by atoms with Gasteiger partial charge < -0.3 is 24.4 Å². The average molecular weight is 482 g/mol. The van der Waals surface area contributed by atoms with Crippen LogP contribution in [0.1, 0.15) is 40.6 Å². The van der Waals surface area contributed by atoms with Crippen LogP contribution in [-0.4, -0.2) is 34.2 Å². The van der Waals surface area contributed by atoms with Crippen molar-refractivity contribution in [2.45, 2.75) is 39.3 Å². The third-order valence-corrected chi connectivity index (χ3v) is 6.58. The molecule has 178 valence electrons. The summed E-state index contributed by atoms with van der Waals surface area (Å²) >= 11 is 1.54. The van der Waals surface area contributed by atoms with Crippen LogP contribution < -0.4 is 14.8 Å². The van der Waals surface area contributed by atoms with Crippen LogP contribution >= 0.6 is 11.8 Å². The number of nitrogens with one attached hydrogen (secondary N) is 1. The Morgan fingerprint density at radius 3 is 2.71 bits per heavy atom. The lowest BCUT2D eigenvalue weighted by Gasteiger charge is -2.10. The van der Waals surface area contributed by atoms with E-state index in [0.29, 0.717) is 23.1 Å². The molecule has 1 aliphatic rings. The van der Waals surface area contributed by atoms with Gasteiger partial charge in [0, 0.05) is 12.2 Å². The molecule has 4 rings (SSSR count). The van der Waals surface area contributed by atoms with Crippen molar-refractivity contribution in [3.63, 3.8) is 0 Å². The first-order valence-corrected chi connectivity index (χ1v) is 11.9. The molecule has 2 heterocycles. The van der Waals surface area contributed by atoms with Gasteiger partial charge in [0.05, 0.1) is 24.4 Å². The van der Waals surface area contributed by atoms with E-state index in [4.69, 9.17) is 14.0 Å². The summed E-state index contributed by atoms with van der Waals surface area (Å²) in [7, 11) is 1.64. The third-order valence-electron chi connectivity index (χ3n) is 5.62. The number of rotatable bonds is 8. The fourth-order valence-electron chi connectivity index (χ4n) is 3.58. The van der Waals surface area contributed by atoms with Gasteiger partial charge in [-0.1, -0.05) is 35.1 Å². The highest BCUT2D eigenvalue weighted by Crippen LogP contribution is 2.31. The Kier molecular flexibility index (Phi) is 7.42. The number of amidine groups is 1. The van der Waals surface area contributed by atoms with Crippen LogP contribution in [0.2, 0.25) is 0 Å². The van der Waals surface area contributed by atoms with E-state index in [2.05, 4.69) is 15.5 Å². The fraction of sp³-hybridized carbons (Fsp3) is 0.320. The molecule has 0 saturated carbocycles. The molecule has 8 nitrogen and oxygen atoms in total. The monoisotopic (exact) mass is 481 g/mol. The zero-order valence-electron chi connectivity index (χ0n) is 19.3. The SMILES string of the molecule is COc1ccc(C2CSC(NC(=O)CCc3ccc(OCc4c(C)noc4C)c(O)c3)=N2)cc1. The molecule has 34 heavy (non-hydrogen) atoms. The van der Waals surface area contributed by atoms with E-state index < -0.39 is 0 Å². The summed E-state index contributed by atoms with van der Waals surface area (Å²) in [5.74, 6) is 2.57. The summed E-state index contributed by atoms with van der Waals surface area (Å²) in [5.41, 5.74) is 3.56. The molecule has 0 saturated heterocycles. The number of amides is 1. The Hall–Kier alpha value is -3.46. The summed E-state index contributed by atoms with van der Waals surface area (Å²) in [6.45, 7) is 3.92. The van der Waals surface area contributed by atoms with Gasteiger partial charge in [-0.3, -0.25) is 9.79 Å². The first-order valence-electron chi connectivity index (χ1n) is 10.9. The number of benzene rings is 2. The molecule has 9 heteroatoms. The summed E-state index contributed by atoms with van der Waals surface area (Å²) < 4.78 is 16.0. The number of hydrogen-bond donors (Lipinski definition) is 2. The van der Waals surface area contributed by atoms with Crippen LogP contribution in [0.3, 0.4) is 0 Å². The predicted octanol–water partition coefficient (Wildman–Crippen LogP) is 4.48. The number of methoxy groups -OCH3 is 1. The first-order chi connectivity index (χ1) is 16.4. The molecule has 1 atom stereocenters. The Morgan fingerprint density at radius 2 is 2.03 bits per heavy atom. The average Bonchev–Trinajstić information content (AvgIpc) is 3.43. The number of aryl methyl sites for hydroxylation is 3. The summed E-state index contributed by atoms with van der Waals surface area (Å²) in [5, 5.41) is 17.8. The molecule has 0 spiro atoms. The molecule has 1 aliphatic heterocycles. The minimum Gasteiger partial charge on any atom is -0.504 e. The van der Waals surface area contributed by atoms with Gasteiger partial charge in [0.15, 0.2) is 16.7 Å². The molecular weight excluding hydrogens is 454 g/mol. The molecule has 1 amide bonds. The number of thioether (sulfide) groups is 1. The lowest BCUT2D eigenvalue weighted by atomic mass is 10.1. The number of ether oxygens (including phenoxy) is 2. The lowest BCUT2D eigenvalue weighted by molar-refractivity contribution is -0.119. The number of phenolic OH excluding ortho intramolecular Hbond substituents is 1. The van der Waals surface area contributed by atoms with Gasteiger partial charge in [0.2, 0.25) is 5.91 Å². The topological polar surface area (TPSA) is 106 Å². The highest BCUT2D eigenvalue weighted by atomic mass is 32.2. The fourth-order valence-corrected chi connectivity index (χ4v) is 4.55. The highest BCUT2D eigenvalue weighted by Gasteiger charge is 2.21. The van der Waals surface area contributed by atoms with Crippen molar-refractivity contribution >= 4 is 22.8 Å². The minimum atomic E-state index is -0.111. The highest BCUT2D eigenvalue weighted by molar-refractivity contribution is 8.14. The van der Waals surface area contributed by atoms with Crippen molar-refractivity contribution in [3.05, 3.63) is 70.6 Å². The van der Waals surface area contributed by atoms with Gasteiger partial charge in [0.25, 0.3) is 0 Å². The number of phenols is 1. The quantitative estimate of drug-likeness (QED) is 0.489. The van der Waals surface area contributed by atoms with E-state index in [1.807, 2.05) is 44.2 Å². The summed E-state index contributed by atoms with van der Waals surface area (Å²) in [4.78, 5) is 17.1. The number of aromatic hydroxyl groups is 1. The Morgan fingerprint density at radius 1 is 1.24 bits per heavy atom. The standard InChI is InChI=1S/C25H27N3O5S/c1-15-20(16(2)33-28-15)13-32-23-10-4-17(12-22(23)29)5-11-24(30)27-25-26-21(14-34-25)18-6-8-19(31-3)9-7-18/h4,6-10,12,21,29H,5,11,13-14H2,1-3H3,(H,26,27,30). The molecule has 3 aromatic rings. The van der Waals surface area contributed by atoms with E-state index in [1.54, 1.807) is 19.2 Å². The van der Waals surface area contributed by atoms with Crippen LogP contribution in [0.15, 0.2) is 52.0 Å². The number of nitrogens with zero attached hydrogens (tertiary/aromatic N) is 2. The van der Waals surface area contributed by atoms with Crippen molar-refractivity contribution < 1.29 is 23.9 Å². The van der Waals surface area contributed by atoms with E-state index in [-0.39, 0.29) is 30.7 Å². The van der Waals surface area contributed by atoms with Gasteiger partial charge in [-0.25, -0.2) is 0 Å². The normalized spacial score (nSPS) is 15.1. The van der Waals surface area contributed by atoms with Crippen molar-refractivity contribution in [1.82, 2.24) is 10.5 Å². The molecule has 0 radical (unpaired) electrons. The maximum absolute atomic E-state index is 12.4. The predicted molar refractivity (Wildman–Crippen MR) is 131 cm³/mol. The second-order valence-electron chi connectivity index (χ2n) is 7.98. The molecule has 2 N–H and O–H groups in total. The van der Waals surface area contributed by atoms with Crippen LogP contribution in [0, 0.1) is 13.8 Å². The van der Waals surface area contributed by atoms with Crippen molar-refractivity contribution in [2.24, 2.45) is 4.99 Å². The number of carbonyl (C=O) groups excluding carboxylic acids is 1. The molecule has 0 bridgehead atoms. The van der Waals surface area contributed by atoms with E-state index in [0.717, 1.165) is 33.9 Å². The van der Waals surface area contributed by atoms with E-state index >= 15 is 0 Å². The van der Waals surface area contributed by atoms with Gasteiger partial charge in [0.1, 0.15) is 18.1 Å². The maximum Gasteiger partial charge on any atom is 0.226 e. The third kappa shape index (κ3) is 5.72. The molecule has 2 aromatic carbocycles. The molecule has 0 aliphatic carbocycles. The first kappa shape index (κ1) is 23.7. The van der Waals surface area contributed by atoms with Gasteiger partial charge in [-0.05, 0) is 55.7 Å². The summed E-state index contributed by atoms with van der Waals surface area (Å²) in [6, 6.07) is 13.0. The van der Waals surface area contributed by atoms with Crippen LogP contribution in [-0.2, 0) is 17.8 Å². The molecular formula is C25H27N3O5S. The number of aliphatic imine (C=N–C) groups is 1. The van der Waals surface area contributed by atoms with E-state index in [1.165, 1.54) is 11.8 Å². The largest absolute Gasteiger partial charge is 0.504 e. The van der Waals surface area contributed by atoms with Gasteiger partial charge in [-0.15, -0.1) is 0 Å². The van der Waals surface area contributed by atoms with Crippen LogP contribution in [0.4, 0.5) is 0 Å². The Balaban J connectivity index is 1.27. The number of aromatic nitrogens is 1. The minimum absolute atomic E-state index is 0.0149. The van der Waals surface area contributed by atoms with Crippen molar-refractivity contribution in [1.29, 1.82) is 0 Å². The Bertz CT molecular complexity index is 1170. The second-order valence-corrected chi connectivity index (χ2v) is 8.98. The van der Waals surface area contributed by atoms with Crippen LogP contribution in [0.5, 0.6) is 17.2 Å². The van der Waals surface area contributed by atoms with Gasteiger partial charge in [-0.2, -0.15) is 0 Å². The second kappa shape index (κ2) is 10.6. The summed E-state index contributed by atoms with van der Waals surface area (Å²) in [6.07, 6.45) is 0.773. The smallest absolute Gasteiger partial charge is 0.226 e. The Labute approximate surface area is 202 Å². The zero-order chi connectivity index (χ0) is 24.1. The van der Waals surface area contributed by atoms with Crippen molar-refractivity contribution in [3.8, 4) is 17.2 Å².